The van der Waals surface area contributed by atoms with Crippen molar-refractivity contribution in [2.45, 2.75) is 17.7 Å². The lowest BCUT2D eigenvalue weighted by molar-refractivity contribution is -0.117. The first-order chi connectivity index (χ1) is 11.9. The summed E-state index contributed by atoms with van der Waals surface area (Å²) in [6.45, 7) is 0.636. The van der Waals surface area contributed by atoms with Crippen molar-refractivity contribution in [3.8, 4) is 5.75 Å². The monoisotopic (exact) mass is 380 g/mol. The van der Waals surface area contributed by atoms with Crippen molar-refractivity contribution in [2.75, 3.05) is 23.3 Å². The van der Waals surface area contributed by atoms with Crippen molar-refractivity contribution >= 4 is 38.9 Å². The first-order valence-corrected chi connectivity index (χ1v) is 9.53. The Bertz CT molecular complexity index is 915. The van der Waals surface area contributed by atoms with Crippen LogP contribution in [-0.2, 0) is 14.8 Å². The largest absolute Gasteiger partial charge is 0.495 e. The third-order valence-corrected chi connectivity index (χ3v) is 5.54. The van der Waals surface area contributed by atoms with Crippen LogP contribution in [0.15, 0.2) is 47.4 Å². The van der Waals surface area contributed by atoms with E-state index in [0.29, 0.717) is 24.3 Å². The van der Waals surface area contributed by atoms with Gasteiger partial charge in [-0.15, -0.1) is 0 Å². The number of benzene rings is 2. The maximum absolute atomic E-state index is 12.7. The van der Waals surface area contributed by atoms with Gasteiger partial charge in [0.1, 0.15) is 10.6 Å². The van der Waals surface area contributed by atoms with Crippen molar-refractivity contribution in [3.05, 3.63) is 47.5 Å². The molecule has 3 rings (SSSR count). The van der Waals surface area contributed by atoms with Gasteiger partial charge in [-0.1, -0.05) is 17.7 Å². The highest BCUT2D eigenvalue weighted by Crippen LogP contribution is 2.30. The number of hydrogen-bond donors (Lipinski definition) is 1. The summed E-state index contributed by atoms with van der Waals surface area (Å²) in [4.78, 5) is 13.5. The zero-order valence-electron chi connectivity index (χ0n) is 13.5. The van der Waals surface area contributed by atoms with Gasteiger partial charge < -0.3 is 9.64 Å². The molecule has 0 aromatic heterocycles. The molecule has 0 radical (unpaired) electrons. The summed E-state index contributed by atoms with van der Waals surface area (Å²) in [5.74, 6) is 0.235. The van der Waals surface area contributed by atoms with Crippen molar-refractivity contribution in [3.63, 3.8) is 0 Å². The number of hydrogen-bond acceptors (Lipinski definition) is 4. The fraction of sp³-hybridized carbons (Fsp3) is 0.235. The van der Waals surface area contributed by atoms with Gasteiger partial charge in [-0.3, -0.25) is 9.52 Å². The highest BCUT2D eigenvalue weighted by atomic mass is 35.5. The zero-order chi connectivity index (χ0) is 18.0. The molecule has 8 heteroatoms. The first-order valence-electron chi connectivity index (χ1n) is 7.67. The maximum atomic E-state index is 12.7. The average Bonchev–Trinajstić information content (AvgIpc) is 3.01. The van der Waals surface area contributed by atoms with Crippen LogP contribution in [0.25, 0.3) is 0 Å². The molecule has 0 atom stereocenters. The van der Waals surface area contributed by atoms with Crippen molar-refractivity contribution in [1.29, 1.82) is 0 Å². The summed E-state index contributed by atoms with van der Waals surface area (Å²) < 4.78 is 33.0. The lowest BCUT2D eigenvalue weighted by Crippen LogP contribution is -2.23. The molecule has 2 aromatic carbocycles. The van der Waals surface area contributed by atoms with Crippen LogP contribution in [0.5, 0.6) is 5.75 Å². The number of sulfonamides is 1. The molecule has 1 aliphatic rings. The van der Waals surface area contributed by atoms with Gasteiger partial charge in [0.15, 0.2) is 0 Å². The second-order valence-electron chi connectivity index (χ2n) is 5.60. The first kappa shape index (κ1) is 17.6. The molecule has 0 aliphatic carbocycles. The summed E-state index contributed by atoms with van der Waals surface area (Å²) >= 11 is 5.92. The Labute approximate surface area is 151 Å². The molecular formula is C17H17ClN2O4S. The molecule has 0 unspecified atom stereocenters. The molecule has 1 fully saturated rings. The van der Waals surface area contributed by atoms with Crippen LogP contribution in [0.2, 0.25) is 5.02 Å². The second kappa shape index (κ2) is 6.93. The summed E-state index contributed by atoms with van der Waals surface area (Å²) in [5.41, 5.74) is 1.03. The van der Waals surface area contributed by atoms with Gasteiger partial charge in [0, 0.05) is 23.7 Å². The molecule has 6 nitrogen and oxygen atoms in total. The van der Waals surface area contributed by atoms with Crippen molar-refractivity contribution in [1.82, 2.24) is 0 Å². The number of nitrogens with one attached hydrogen (secondary N) is 1. The summed E-state index contributed by atoms with van der Waals surface area (Å²) in [7, 11) is -2.50. The predicted molar refractivity (Wildman–Crippen MR) is 96.8 cm³/mol. The predicted octanol–water partition coefficient (Wildman–Crippen LogP) is 3.28. The van der Waals surface area contributed by atoms with Crippen LogP contribution in [-0.4, -0.2) is 28.0 Å². The number of anilines is 2. The lowest BCUT2D eigenvalue weighted by atomic mass is 10.2. The minimum atomic E-state index is -3.90. The molecule has 0 saturated carbocycles. The summed E-state index contributed by atoms with van der Waals surface area (Å²) in [6.07, 6.45) is 1.31. The van der Waals surface area contributed by atoms with E-state index in [1.807, 2.05) is 0 Å². The fourth-order valence-corrected chi connectivity index (χ4v) is 4.21. The van der Waals surface area contributed by atoms with Crippen molar-refractivity contribution in [2.24, 2.45) is 0 Å². The molecule has 1 N–H and O–H groups in total. The molecule has 1 amide bonds. The normalized spacial score (nSPS) is 14.6. The van der Waals surface area contributed by atoms with Crippen LogP contribution in [0.3, 0.4) is 0 Å². The van der Waals surface area contributed by atoms with Crippen LogP contribution < -0.4 is 14.4 Å². The number of amides is 1. The van der Waals surface area contributed by atoms with Crippen molar-refractivity contribution < 1.29 is 17.9 Å². The quantitative estimate of drug-likeness (QED) is 0.863. The van der Waals surface area contributed by atoms with Gasteiger partial charge in [0.2, 0.25) is 5.91 Å². The van der Waals surface area contributed by atoms with E-state index < -0.39 is 10.0 Å². The number of carbonyl (C=O) groups is 1. The molecule has 132 valence electrons. The van der Waals surface area contributed by atoms with E-state index in [9.17, 15) is 13.2 Å². The second-order valence-corrected chi connectivity index (χ2v) is 7.69. The van der Waals surface area contributed by atoms with E-state index >= 15 is 0 Å². The number of ether oxygens (including phenoxy) is 1. The third kappa shape index (κ3) is 3.72. The topological polar surface area (TPSA) is 75.7 Å². The van der Waals surface area contributed by atoms with E-state index in [0.717, 1.165) is 6.42 Å². The molecular weight excluding hydrogens is 364 g/mol. The molecule has 0 spiro atoms. The lowest BCUT2D eigenvalue weighted by Gasteiger charge is -2.17. The fourth-order valence-electron chi connectivity index (χ4n) is 2.73. The Morgan fingerprint density at radius 1 is 1.20 bits per heavy atom. The average molecular weight is 381 g/mol. The molecule has 0 bridgehead atoms. The van der Waals surface area contributed by atoms with E-state index in [-0.39, 0.29) is 21.6 Å². The van der Waals surface area contributed by atoms with Crippen LogP contribution in [0.4, 0.5) is 11.4 Å². The molecule has 1 heterocycles. The number of carbonyl (C=O) groups excluding carboxylic acids is 1. The zero-order valence-corrected chi connectivity index (χ0v) is 15.1. The Morgan fingerprint density at radius 3 is 2.68 bits per heavy atom. The van der Waals surface area contributed by atoms with Gasteiger partial charge >= 0.3 is 0 Å². The highest BCUT2D eigenvalue weighted by Gasteiger charge is 2.23. The van der Waals surface area contributed by atoms with Gasteiger partial charge in [-0.05, 0) is 42.8 Å². The third-order valence-electron chi connectivity index (χ3n) is 3.90. The molecule has 2 aromatic rings. The van der Waals surface area contributed by atoms with E-state index in [1.165, 1.54) is 19.2 Å². The number of nitrogens with zero attached hydrogens (tertiary/aromatic N) is 1. The smallest absolute Gasteiger partial charge is 0.265 e. The number of rotatable bonds is 5. The Kier molecular flexibility index (Phi) is 4.87. The highest BCUT2D eigenvalue weighted by molar-refractivity contribution is 7.92. The van der Waals surface area contributed by atoms with E-state index in [2.05, 4.69) is 4.72 Å². The Balaban J connectivity index is 1.91. The molecule has 25 heavy (non-hydrogen) atoms. The van der Waals surface area contributed by atoms with Gasteiger partial charge in [-0.25, -0.2) is 8.42 Å². The van der Waals surface area contributed by atoms with E-state index in [1.54, 1.807) is 35.2 Å². The standard InChI is InChI=1S/C17H17ClN2O4S/c1-24-15-8-7-12(18)10-16(15)25(22,23)19-13-4-2-5-14(11-13)20-9-3-6-17(20)21/h2,4-5,7-8,10-11,19H,3,6,9H2,1H3. The van der Waals surface area contributed by atoms with Crippen LogP contribution in [0.1, 0.15) is 12.8 Å². The Hall–Kier alpha value is -2.25. The van der Waals surface area contributed by atoms with Crippen LogP contribution >= 0.6 is 11.6 Å². The summed E-state index contributed by atoms with van der Waals surface area (Å²) in [5, 5.41) is 0.289. The minimum absolute atomic E-state index is 0.0384. The number of halogens is 1. The Morgan fingerprint density at radius 2 is 2.00 bits per heavy atom. The molecule has 1 aliphatic heterocycles. The number of methoxy groups -OCH3 is 1. The van der Waals surface area contributed by atoms with Gasteiger partial charge in [0.05, 0.1) is 12.8 Å². The minimum Gasteiger partial charge on any atom is -0.495 e. The maximum Gasteiger partial charge on any atom is 0.265 e. The SMILES string of the molecule is COc1ccc(Cl)cc1S(=O)(=O)Nc1cccc(N2CCCC2=O)c1. The van der Waals surface area contributed by atoms with Crippen LogP contribution in [0, 0.1) is 0 Å². The van der Waals surface area contributed by atoms with E-state index in [4.69, 9.17) is 16.3 Å². The summed E-state index contributed by atoms with van der Waals surface area (Å²) in [6, 6.07) is 11.1. The van der Waals surface area contributed by atoms with Gasteiger partial charge in [-0.2, -0.15) is 0 Å². The van der Waals surface area contributed by atoms with Gasteiger partial charge in [0.25, 0.3) is 10.0 Å². The molecule has 1 saturated heterocycles.